The van der Waals surface area contributed by atoms with Crippen molar-refractivity contribution in [3.63, 3.8) is 0 Å². The topological polar surface area (TPSA) is 52.7 Å². The van der Waals surface area contributed by atoms with Gasteiger partial charge in [-0.15, -0.1) is 11.8 Å². The number of likely N-dealkylation sites (tertiary alicyclic amines) is 1. The van der Waals surface area contributed by atoms with E-state index in [1.165, 1.54) is 29.5 Å². The SMILES string of the molecule is CC(C)(C)c1ccc(C(=O)N2C(C(=O)NC3CCN(Cc4ccccc4)CC3)CSC2c2cccc(F)c2)cc1. The number of benzene rings is 3. The summed E-state index contributed by atoms with van der Waals surface area (Å²) in [6.07, 6.45) is 1.74. The fourth-order valence-electron chi connectivity index (χ4n) is 5.51. The molecule has 2 amide bonds. The van der Waals surface area contributed by atoms with E-state index >= 15 is 0 Å². The van der Waals surface area contributed by atoms with Gasteiger partial charge in [0.2, 0.25) is 5.91 Å². The van der Waals surface area contributed by atoms with Crippen LogP contribution < -0.4 is 5.32 Å². The number of nitrogens with one attached hydrogen (secondary N) is 1. The van der Waals surface area contributed by atoms with Crippen molar-refractivity contribution in [3.8, 4) is 0 Å². The van der Waals surface area contributed by atoms with Crippen LogP contribution in [0, 0.1) is 5.82 Å². The highest BCUT2D eigenvalue weighted by Gasteiger charge is 2.43. The van der Waals surface area contributed by atoms with Gasteiger partial charge in [0.15, 0.2) is 0 Å². The normalized spacial score (nSPS) is 20.4. The largest absolute Gasteiger partial charge is 0.351 e. The fraction of sp³-hybridized carbons (Fsp3) is 0.394. The average molecular weight is 560 g/mol. The molecule has 2 unspecified atom stereocenters. The average Bonchev–Trinajstić information content (AvgIpc) is 3.39. The first-order valence-corrected chi connectivity index (χ1v) is 15.1. The molecule has 1 N–H and O–H groups in total. The minimum Gasteiger partial charge on any atom is -0.351 e. The van der Waals surface area contributed by atoms with Crippen molar-refractivity contribution in [2.24, 2.45) is 0 Å². The van der Waals surface area contributed by atoms with Gasteiger partial charge in [-0.3, -0.25) is 14.5 Å². The third-order valence-electron chi connectivity index (χ3n) is 7.85. The van der Waals surface area contributed by atoms with E-state index in [-0.39, 0.29) is 29.1 Å². The Morgan fingerprint density at radius 2 is 1.65 bits per heavy atom. The molecule has 0 bridgehead atoms. The number of piperidine rings is 1. The zero-order chi connectivity index (χ0) is 28.3. The van der Waals surface area contributed by atoms with Gasteiger partial charge in [0.1, 0.15) is 17.2 Å². The second-order valence-electron chi connectivity index (χ2n) is 11.8. The quantitative estimate of drug-likeness (QED) is 0.393. The minimum atomic E-state index is -0.629. The summed E-state index contributed by atoms with van der Waals surface area (Å²) >= 11 is 1.51. The Morgan fingerprint density at radius 1 is 0.950 bits per heavy atom. The van der Waals surface area contributed by atoms with Gasteiger partial charge >= 0.3 is 0 Å². The summed E-state index contributed by atoms with van der Waals surface area (Å²) in [4.78, 5) is 31.7. The number of nitrogens with zero attached hydrogens (tertiary/aromatic N) is 2. The van der Waals surface area contributed by atoms with E-state index in [0.717, 1.165) is 38.0 Å². The predicted molar refractivity (Wildman–Crippen MR) is 160 cm³/mol. The van der Waals surface area contributed by atoms with E-state index in [9.17, 15) is 14.0 Å². The van der Waals surface area contributed by atoms with E-state index in [4.69, 9.17) is 0 Å². The molecule has 2 aliphatic rings. The van der Waals surface area contributed by atoms with Crippen LogP contribution in [0.25, 0.3) is 0 Å². The van der Waals surface area contributed by atoms with Crippen molar-refractivity contribution >= 4 is 23.6 Å². The molecule has 40 heavy (non-hydrogen) atoms. The number of hydrogen-bond acceptors (Lipinski definition) is 4. The van der Waals surface area contributed by atoms with E-state index in [2.05, 4.69) is 55.3 Å². The van der Waals surface area contributed by atoms with Crippen LogP contribution in [0.1, 0.15) is 66.0 Å². The first-order chi connectivity index (χ1) is 19.2. The van der Waals surface area contributed by atoms with Gasteiger partial charge in [-0.1, -0.05) is 75.4 Å². The summed E-state index contributed by atoms with van der Waals surface area (Å²) in [5.74, 6) is -0.230. The predicted octanol–water partition coefficient (Wildman–Crippen LogP) is 6.16. The highest BCUT2D eigenvalue weighted by atomic mass is 32.2. The van der Waals surface area contributed by atoms with Gasteiger partial charge < -0.3 is 10.2 Å². The molecule has 2 heterocycles. The summed E-state index contributed by atoms with van der Waals surface area (Å²) in [6.45, 7) is 9.13. The maximum Gasteiger partial charge on any atom is 0.255 e. The van der Waals surface area contributed by atoms with Crippen molar-refractivity contribution in [1.29, 1.82) is 0 Å². The second-order valence-corrected chi connectivity index (χ2v) is 13.0. The Kier molecular flexibility index (Phi) is 8.62. The Balaban J connectivity index is 1.30. The minimum absolute atomic E-state index is 0.0335. The molecule has 3 aromatic rings. The molecule has 2 atom stereocenters. The molecule has 0 spiro atoms. The van der Waals surface area contributed by atoms with Gasteiger partial charge in [-0.25, -0.2) is 4.39 Å². The molecule has 5 rings (SSSR count). The molecule has 0 aliphatic carbocycles. The van der Waals surface area contributed by atoms with Crippen LogP contribution in [-0.4, -0.2) is 52.5 Å². The molecule has 2 saturated heterocycles. The summed E-state index contributed by atoms with van der Waals surface area (Å²) < 4.78 is 14.2. The molecule has 2 fully saturated rings. The molecule has 7 heteroatoms. The lowest BCUT2D eigenvalue weighted by atomic mass is 9.86. The Labute approximate surface area is 241 Å². The van der Waals surface area contributed by atoms with Crippen LogP contribution in [0.15, 0.2) is 78.9 Å². The van der Waals surface area contributed by atoms with Crippen molar-refractivity contribution in [2.45, 2.75) is 63.0 Å². The van der Waals surface area contributed by atoms with Crippen molar-refractivity contribution in [2.75, 3.05) is 18.8 Å². The van der Waals surface area contributed by atoms with Gasteiger partial charge in [-0.05, 0) is 59.2 Å². The number of halogens is 1. The maximum absolute atomic E-state index is 14.2. The molecular weight excluding hydrogens is 521 g/mol. The van der Waals surface area contributed by atoms with Gasteiger partial charge in [0.25, 0.3) is 5.91 Å². The monoisotopic (exact) mass is 559 g/mol. The lowest BCUT2D eigenvalue weighted by molar-refractivity contribution is -0.125. The van der Waals surface area contributed by atoms with Gasteiger partial charge in [0.05, 0.1) is 0 Å². The molecule has 210 valence electrons. The number of carbonyl (C=O) groups excluding carboxylic acids is 2. The molecule has 0 saturated carbocycles. The third kappa shape index (κ3) is 6.58. The first-order valence-electron chi connectivity index (χ1n) is 14.1. The van der Waals surface area contributed by atoms with E-state index in [1.54, 1.807) is 11.0 Å². The van der Waals surface area contributed by atoms with E-state index in [1.807, 2.05) is 36.4 Å². The number of amides is 2. The standard InChI is InChI=1S/C33H38FN3O2S/c1-33(2,3)26-14-12-24(13-15-26)31(39)37-29(22-40-32(37)25-10-7-11-27(34)20-25)30(38)35-28-16-18-36(19-17-28)21-23-8-5-4-6-9-23/h4-15,20,28-29,32H,16-19,21-22H2,1-3H3,(H,35,38). The van der Waals surface area contributed by atoms with Crippen LogP contribution in [0.3, 0.4) is 0 Å². The van der Waals surface area contributed by atoms with Gasteiger partial charge in [0, 0.05) is 37.0 Å². The Morgan fingerprint density at radius 3 is 2.30 bits per heavy atom. The number of thioether (sulfide) groups is 1. The van der Waals surface area contributed by atoms with E-state index < -0.39 is 11.4 Å². The lowest BCUT2D eigenvalue weighted by Crippen LogP contribution is -2.52. The van der Waals surface area contributed by atoms with Crippen LogP contribution in [-0.2, 0) is 16.8 Å². The first kappa shape index (κ1) is 28.4. The van der Waals surface area contributed by atoms with Crippen molar-refractivity contribution in [1.82, 2.24) is 15.1 Å². The summed E-state index contributed by atoms with van der Waals surface area (Å²) in [5.41, 5.74) is 3.61. The van der Waals surface area contributed by atoms with Crippen LogP contribution in [0.5, 0.6) is 0 Å². The van der Waals surface area contributed by atoms with Crippen LogP contribution >= 0.6 is 11.8 Å². The summed E-state index contributed by atoms with van der Waals surface area (Å²) in [7, 11) is 0. The molecule has 0 radical (unpaired) electrons. The smallest absolute Gasteiger partial charge is 0.255 e. The molecule has 2 aliphatic heterocycles. The number of hydrogen-bond donors (Lipinski definition) is 1. The lowest BCUT2D eigenvalue weighted by Gasteiger charge is -2.34. The van der Waals surface area contributed by atoms with Crippen molar-refractivity contribution < 1.29 is 14.0 Å². The Hall–Kier alpha value is -3.16. The van der Waals surface area contributed by atoms with E-state index in [0.29, 0.717) is 16.9 Å². The highest BCUT2D eigenvalue weighted by Crippen LogP contribution is 2.42. The molecule has 5 nitrogen and oxygen atoms in total. The molecular formula is C33H38FN3O2S. The molecule has 0 aromatic heterocycles. The maximum atomic E-state index is 14.2. The van der Waals surface area contributed by atoms with Gasteiger partial charge in [-0.2, -0.15) is 0 Å². The fourth-order valence-corrected chi connectivity index (χ4v) is 6.93. The summed E-state index contributed by atoms with van der Waals surface area (Å²) in [5, 5.41) is 2.81. The third-order valence-corrected chi connectivity index (χ3v) is 9.18. The second kappa shape index (κ2) is 12.1. The van der Waals surface area contributed by atoms with Crippen LogP contribution in [0.2, 0.25) is 0 Å². The zero-order valence-corrected chi connectivity index (χ0v) is 24.3. The zero-order valence-electron chi connectivity index (χ0n) is 23.5. The summed E-state index contributed by atoms with van der Waals surface area (Å²) in [6, 6.07) is 23.8. The highest BCUT2D eigenvalue weighted by molar-refractivity contribution is 7.99. The van der Waals surface area contributed by atoms with Crippen LogP contribution in [0.4, 0.5) is 4.39 Å². The number of rotatable bonds is 6. The Bertz CT molecular complexity index is 1320. The number of carbonyl (C=O) groups is 2. The van der Waals surface area contributed by atoms with Crippen molar-refractivity contribution in [3.05, 3.63) is 107 Å². The molecule has 3 aromatic carbocycles.